The topological polar surface area (TPSA) is 12.0 Å². The minimum atomic E-state index is -0.211. The third-order valence-electron chi connectivity index (χ3n) is 3.73. The molecule has 1 atom stereocenters. The van der Waals surface area contributed by atoms with Crippen LogP contribution >= 0.6 is 0 Å². The Morgan fingerprint density at radius 1 is 1.00 bits per heavy atom. The van der Waals surface area contributed by atoms with Gasteiger partial charge < -0.3 is 5.32 Å². The average molecular weight is 289 g/mol. The minimum Gasteiger partial charge on any atom is -0.319 e. The lowest BCUT2D eigenvalue weighted by atomic mass is 9.90. The van der Waals surface area contributed by atoms with Crippen LogP contribution in [-0.4, -0.2) is 13.6 Å². The molecule has 0 aliphatic carbocycles. The first kappa shape index (κ1) is 15.6. The summed E-state index contributed by atoms with van der Waals surface area (Å²) in [5, 5.41) is 3.17. The summed E-state index contributed by atoms with van der Waals surface area (Å²) in [6, 6.07) is 11.6. The van der Waals surface area contributed by atoms with Crippen molar-refractivity contribution in [2.45, 2.75) is 19.8 Å². The van der Waals surface area contributed by atoms with Gasteiger partial charge in [0.2, 0.25) is 0 Å². The van der Waals surface area contributed by atoms with Gasteiger partial charge in [0.05, 0.1) is 0 Å². The van der Waals surface area contributed by atoms with Crippen molar-refractivity contribution in [3.8, 4) is 0 Å². The van der Waals surface area contributed by atoms with Gasteiger partial charge in [-0.15, -0.1) is 0 Å². The van der Waals surface area contributed by atoms with Crippen LogP contribution in [-0.2, 0) is 12.8 Å². The number of hydrogen-bond acceptors (Lipinski definition) is 1. The van der Waals surface area contributed by atoms with Crippen LogP contribution in [0.3, 0.4) is 0 Å². The minimum absolute atomic E-state index is 0.204. The van der Waals surface area contributed by atoms with Crippen molar-refractivity contribution < 1.29 is 8.78 Å². The van der Waals surface area contributed by atoms with Crippen molar-refractivity contribution in [3.63, 3.8) is 0 Å². The number of benzene rings is 2. The highest BCUT2D eigenvalue weighted by molar-refractivity contribution is 5.27. The molecule has 0 saturated heterocycles. The van der Waals surface area contributed by atoms with E-state index >= 15 is 0 Å². The second kappa shape index (κ2) is 7.32. The standard InChI is InChI=1S/C18H21F2N/c1-13-6-7-18(20)11-16(13)9-15(12-21-2)8-14-4-3-5-17(19)10-14/h3-7,10-11,15,21H,8-9,12H2,1-2H3. The van der Waals surface area contributed by atoms with Gasteiger partial charge in [-0.2, -0.15) is 0 Å². The van der Waals surface area contributed by atoms with Crippen LogP contribution in [0.1, 0.15) is 16.7 Å². The molecule has 0 aliphatic heterocycles. The molecule has 3 heteroatoms. The third-order valence-corrected chi connectivity index (χ3v) is 3.73. The van der Waals surface area contributed by atoms with Gasteiger partial charge in [-0.05, 0) is 80.2 Å². The first-order valence-electron chi connectivity index (χ1n) is 7.22. The molecule has 0 fully saturated rings. The Labute approximate surface area is 125 Å². The summed E-state index contributed by atoms with van der Waals surface area (Å²) in [7, 11) is 1.90. The van der Waals surface area contributed by atoms with E-state index in [2.05, 4.69) is 5.32 Å². The van der Waals surface area contributed by atoms with E-state index in [0.717, 1.165) is 36.1 Å². The lowest BCUT2D eigenvalue weighted by Gasteiger charge is -2.18. The zero-order chi connectivity index (χ0) is 15.2. The van der Waals surface area contributed by atoms with Crippen LogP contribution in [0, 0.1) is 24.5 Å². The second-order valence-electron chi connectivity index (χ2n) is 5.53. The SMILES string of the molecule is CNCC(Cc1cccc(F)c1)Cc1cc(F)ccc1C. The highest BCUT2D eigenvalue weighted by Gasteiger charge is 2.12. The maximum absolute atomic E-state index is 13.4. The lowest BCUT2D eigenvalue weighted by molar-refractivity contribution is 0.489. The molecule has 0 amide bonds. The number of nitrogens with one attached hydrogen (secondary N) is 1. The van der Waals surface area contributed by atoms with Crippen molar-refractivity contribution in [1.29, 1.82) is 0 Å². The molecule has 1 unspecified atom stereocenters. The van der Waals surface area contributed by atoms with Gasteiger partial charge in [0.1, 0.15) is 11.6 Å². The molecule has 2 aromatic carbocycles. The molecule has 1 N–H and O–H groups in total. The molecule has 0 bridgehead atoms. The first-order valence-corrected chi connectivity index (χ1v) is 7.22. The van der Waals surface area contributed by atoms with E-state index in [0.29, 0.717) is 5.92 Å². The van der Waals surface area contributed by atoms with Crippen molar-refractivity contribution in [2.24, 2.45) is 5.92 Å². The Morgan fingerprint density at radius 3 is 2.48 bits per heavy atom. The van der Waals surface area contributed by atoms with Crippen molar-refractivity contribution in [3.05, 3.63) is 70.8 Å². The van der Waals surface area contributed by atoms with E-state index in [-0.39, 0.29) is 11.6 Å². The van der Waals surface area contributed by atoms with Gasteiger partial charge in [-0.1, -0.05) is 18.2 Å². The monoisotopic (exact) mass is 289 g/mol. The predicted octanol–water partition coefficient (Wildman–Crippen LogP) is 3.89. The predicted molar refractivity (Wildman–Crippen MR) is 82.4 cm³/mol. The molecule has 0 radical (unpaired) electrons. The van der Waals surface area contributed by atoms with Crippen LogP contribution in [0.4, 0.5) is 8.78 Å². The van der Waals surface area contributed by atoms with Crippen molar-refractivity contribution in [2.75, 3.05) is 13.6 Å². The van der Waals surface area contributed by atoms with Crippen LogP contribution in [0.2, 0.25) is 0 Å². The molecule has 0 spiro atoms. The number of hydrogen-bond donors (Lipinski definition) is 1. The summed E-state index contributed by atoms with van der Waals surface area (Å²) in [5.41, 5.74) is 3.09. The highest BCUT2D eigenvalue weighted by Crippen LogP contribution is 2.19. The summed E-state index contributed by atoms with van der Waals surface area (Å²) in [5.74, 6) is -0.112. The molecule has 1 nitrogen and oxygen atoms in total. The van der Waals surface area contributed by atoms with Crippen LogP contribution < -0.4 is 5.32 Å². The Hall–Kier alpha value is -1.74. The Kier molecular flexibility index (Phi) is 5.45. The molecule has 0 heterocycles. The lowest BCUT2D eigenvalue weighted by Crippen LogP contribution is -2.23. The van der Waals surface area contributed by atoms with Gasteiger partial charge in [0, 0.05) is 0 Å². The Morgan fingerprint density at radius 2 is 1.76 bits per heavy atom. The van der Waals surface area contributed by atoms with Crippen LogP contribution in [0.5, 0.6) is 0 Å². The quantitative estimate of drug-likeness (QED) is 0.850. The van der Waals surface area contributed by atoms with E-state index < -0.39 is 0 Å². The fraction of sp³-hybridized carbons (Fsp3) is 0.333. The van der Waals surface area contributed by atoms with Gasteiger partial charge in [-0.3, -0.25) is 0 Å². The molecular weight excluding hydrogens is 268 g/mol. The van der Waals surface area contributed by atoms with E-state index in [1.54, 1.807) is 18.2 Å². The van der Waals surface area contributed by atoms with E-state index in [1.807, 2.05) is 26.1 Å². The molecule has 2 rings (SSSR count). The summed E-state index contributed by atoms with van der Waals surface area (Å²) >= 11 is 0. The van der Waals surface area contributed by atoms with Gasteiger partial charge in [0.25, 0.3) is 0 Å². The molecule has 21 heavy (non-hydrogen) atoms. The average Bonchev–Trinajstić information content (AvgIpc) is 2.43. The first-order chi connectivity index (χ1) is 10.1. The maximum Gasteiger partial charge on any atom is 0.123 e. The number of halogens is 2. The van der Waals surface area contributed by atoms with Gasteiger partial charge in [-0.25, -0.2) is 8.78 Å². The van der Waals surface area contributed by atoms with Crippen molar-refractivity contribution >= 4 is 0 Å². The fourth-order valence-electron chi connectivity index (χ4n) is 2.67. The summed E-state index contributed by atoms with van der Waals surface area (Å²) < 4.78 is 26.7. The maximum atomic E-state index is 13.4. The normalized spacial score (nSPS) is 12.4. The third kappa shape index (κ3) is 4.64. The van der Waals surface area contributed by atoms with Crippen LogP contribution in [0.15, 0.2) is 42.5 Å². The summed E-state index contributed by atoms with van der Waals surface area (Å²) in [6.45, 7) is 2.81. The van der Waals surface area contributed by atoms with Crippen LogP contribution in [0.25, 0.3) is 0 Å². The molecule has 0 saturated carbocycles. The fourth-order valence-corrected chi connectivity index (χ4v) is 2.67. The summed E-state index contributed by atoms with van der Waals surface area (Å²) in [6.07, 6.45) is 1.55. The Balaban J connectivity index is 2.13. The molecule has 2 aromatic rings. The summed E-state index contributed by atoms with van der Waals surface area (Å²) in [4.78, 5) is 0. The van der Waals surface area contributed by atoms with Gasteiger partial charge >= 0.3 is 0 Å². The molecule has 0 aromatic heterocycles. The zero-order valence-corrected chi connectivity index (χ0v) is 12.5. The number of aryl methyl sites for hydroxylation is 1. The van der Waals surface area contributed by atoms with E-state index in [1.165, 1.54) is 12.1 Å². The largest absolute Gasteiger partial charge is 0.319 e. The Bertz CT molecular complexity index is 596. The zero-order valence-electron chi connectivity index (χ0n) is 12.5. The van der Waals surface area contributed by atoms with Gasteiger partial charge in [0.15, 0.2) is 0 Å². The molecule has 112 valence electrons. The van der Waals surface area contributed by atoms with E-state index in [9.17, 15) is 8.78 Å². The number of rotatable bonds is 6. The van der Waals surface area contributed by atoms with Crippen molar-refractivity contribution in [1.82, 2.24) is 5.32 Å². The molecular formula is C18H21F2N. The second-order valence-corrected chi connectivity index (χ2v) is 5.53. The molecule has 0 aliphatic rings. The smallest absolute Gasteiger partial charge is 0.123 e. The van der Waals surface area contributed by atoms with E-state index in [4.69, 9.17) is 0 Å². The highest BCUT2D eigenvalue weighted by atomic mass is 19.1.